The number of amides is 1. The Labute approximate surface area is 260 Å². The molecular weight excluding hydrogens is 565 g/mol. The predicted molar refractivity (Wildman–Crippen MR) is 167 cm³/mol. The van der Waals surface area contributed by atoms with E-state index in [0.29, 0.717) is 49.0 Å². The number of nitrogens with zero attached hydrogens (tertiary/aromatic N) is 2. The zero-order valence-corrected chi connectivity index (χ0v) is 26.8. The van der Waals surface area contributed by atoms with Crippen molar-refractivity contribution in [2.75, 3.05) is 13.2 Å². The molecule has 4 fully saturated rings. The van der Waals surface area contributed by atoms with Gasteiger partial charge in [0.1, 0.15) is 5.75 Å². The molecule has 44 heavy (non-hydrogen) atoms. The predicted octanol–water partition coefficient (Wildman–Crippen LogP) is 3.95. The number of carbonyl (C=O) groups excluding carboxylic acids is 2. The second-order valence-corrected chi connectivity index (χ2v) is 13.6. The molecule has 13 heteroatoms. The van der Waals surface area contributed by atoms with Gasteiger partial charge < -0.3 is 25.1 Å². The van der Waals surface area contributed by atoms with Gasteiger partial charge in [-0.2, -0.15) is 0 Å². The molecule has 1 aliphatic heterocycles. The molecule has 1 aromatic carbocycles. The first kappa shape index (κ1) is 33.7. The van der Waals surface area contributed by atoms with E-state index >= 15 is 0 Å². The van der Waals surface area contributed by atoms with E-state index in [2.05, 4.69) is 44.9 Å². The number of hydrazine groups is 1. The van der Waals surface area contributed by atoms with E-state index in [9.17, 15) is 19.7 Å². The summed E-state index contributed by atoms with van der Waals surface area (Å²) in [5.74, 6) is 0.167. The quantitative estimate of drug-likeness (QED) is 0.0505. The van der Waals surface area contributed by atoms with Crippen molar-refractivity contribution in [3.05, 3.63) is 39.9 Å². The van der Waals surface area contributed by atoms with Gasteiger partial charge in [0.15, 0.2) is 10.8 Å². The fourth-order valence-corrected chi connectivity index (χ4v) is 7.35. The number of carbonyl (C=O) groups is 2. The fraction of sp³-hybridized carbons (Fsp3) is 0.710. The molecule has 12 nitrogen and oxygen atoms in total. The third-order valence-corrected chi connectivity index (χ3v) is 9.84. The minimum absolute atomic E-state index is 0.00871. The zero-order valence-electron chi connectivity index (χ0n) is 26.8. The molecule has 0 unspecified atom stereocenters. The molecule has 0 aromatic heterocycles. The van der Waals surface area contributed by atoms with Crippen molar-refractivity contribution in [1.82, 2.24) is 10.7 Å². The molecular formula is C31H48BN5O7. The lowest BCUT2D eigenvalue weighted by Crippen LogP contribution is -2.65. The average molecular weight is 614 g/mol. The number of guanidine groups is 1. The summed E-state index contributed by atoms with van der Waals surface area (Å²) in [4.78, 5) is 41.8. The van der Waals surface area contributed by atoms with Gasteiger partial charge in [-0.15, -0.1) is 0 Å². The van der Waals surface area contributed by atoms with Crippen molar-refractivity contribution in [2.24, 2.45) is 39.8 Å². The number of nitro groups is 1. The van der Waals surface area contributed by atoms with Crippen LogP contribution in [-0.4, -0.2) is 60.6 Å². The SMILES string of the molecule is CCOc1ccc(C(=O)C[C@@H](CCCN=C(N)N[N+](=O)[O-])C(=O)N[C@@H](CC(C)C)B2O[C@@H]3C[C@H]4C[C@H](C4(C)C)[C@]3(C)O2)cc1. The molecule has 1 aromatic rings. The summed E-state index contributed by atoms with van der Waals surface area (Å²) in [6.07, 6.45) is 3.46. The van der Waals surface area contributed by atoms with Crippen LogP contribution in [0.2, 0.25) is 0 Å². The monoisotopic (exact) mass is 613 g/mol. The second kappa shape index (κ2) is 13.8. The molecule has 1 amide bonds. The van der Waals surface area contributed by atoms with Crippen molar-refractivity contribution in [1.29, 1.82) is 0 Å². The van der Waals surface area contributed by atoms with Crippen molar-refractivity contribution >= 4 is 24.8 Å². The third kappa shape index (κ3) is 7.54. The normalized spacial score (nSPS) is 26.8. The van der Waals surface area contributed by atoms with E-state index in [1.165, 1.54) is 0 Å². The maximum absolute atomic E-state index is 13.9. The number of ether oxygens (including phenoxy) is 1. The standard InChI is InChI=1S/C31H48BN5O7/c1-7-42-23-12-10-20(11-13-23)24(38)16-21(9-8-14-34-29(33)36-37(40)41)28(39)35-27(15-19(2)3)32-43-26-18-22-17-25(30(22,4)5)31(26,6)44-32/h10-13,19,21-22,25-27H,7-9,14-18H2,1-6H3,(H,35,39)(H3,33,34,36)/t21-,22-,25-,26-,27+,31+/m1/s1. The fourth-order valence-electron chi connectivity index (χ4n) is 7.35. The molecule has 4 N–H and O–H groups in total. The highest BCUT2D eigenvalue weighted by atomic mass is 16.7. The minimum Gasteiger partial charge on any atom is -0.494 e. The molecule has 0 spiro atoms. The van der Waals surface area contributed by atoms with Gasteiger partial charge in [0.25, 0.3) is 5.96 Å². The van der Waals surface area contributed by atoms with E-state index in [1.807, 2.05) is 12.3 Å². The highest BCUT2D eigenvalue weighted by Crippen LogP contribution is 2.65. The Kier molecular flexibility index (Phi) is 10.6. The highest BCUT2D eigenvalue weighted by molar-refractivity contribution is 6.47. The summed E-state index contributed by atoms with van der Waals surface area (Å²) in [6, 6.07) is 6.89. The summed E-state index contributed by atoms with van der Waals surface area (Å²) in [6.45, 7) is 13.5. The first-order valence-corrected chi connectivity index (χ1v) is 15.8. The summed E-state index contributed by atoms with van der Waals surface area (Å²) >= 11 is 0. The Balaban J connectivity index is 1.47. The first-order chi connectivity index (χ1) is 20.7. The van der Waals surface area contributed by atoms with Crippen LogP contribution >= 0.6 is 0 Å². The van der Waals surface area contributed by atoms with Crippen LogP contribution < -0.4 is 21.2 Å². The zero-order chi connectivity index (χ0) is 32.2. The van der Waals surface area contributed by atoms with Crippen LogP contribution in [0.15, 0.2) is 29.3 Å². The summed E-state index contributed by atoms with van der Waals surface area (Å²) in [7, 11) is -0.577. The van der Waals surface area contributed by atoms with Gasteiger partial charge in [0.2, 0.25) is 5.91 Å². The van der Waals surface area contributed by atoms with Crippen LogP contribution in [0.1, 0.15) is 90.4 Å². The van der Waals surface area contributed by atoms with Crippen molar-refractivity contribution < 1.29 is 28.7 Å². The lowest BCUT2D eigenvalue weighted by Gasteiger charge is -2.64. The molecule has 6 atom stereocenters. The molecule has 1 saturated heterocycles. The highest BCUT2D eigenvalue weighted by Gasteiger charge is 2.68. The average Bonchev–Trinajstić information content (AvgIpc) is 3.31. The summed E-state index contributed by atoms with van der Waals surface area (Å²) < 4.78 is 18.7. The summed E-state index contributed by atoms with van der Waals surface area (Å²) in [5.41, 5.74) is 7.64. The van der Waals surface area contributed by atoms with Gasteiger partial charge in [0.05, 0.1) is 24.3 Å². The lowest BCUT2D eigenvalue weighted by atomic mass is 9.43. The molecule has 242 valence electrons. The maximum atomic E-state index is 13.9. The van der Waals surface area contributed by atoms with Crippen molar-refractivity contribution in [3.8, 4) is 5.75 Å². The number of benzene rings is 1. The molecule has 1 heterocycles. The van der Waals surface area contributed by atoms with E-state index in [4.69, 9.17) is 19.8 Å². The van der Waals surface area contributed by atoms with Gasteiger partial charge in [-0.25, -0.2) is 15.1 Å². The van der Waals surface area contributed by atoms with Crippen LogP contribution in [0.5, 0.6) is 5.75 Å². The molecule has 0 radical (unpaired) electrons. The van der Waals surface area contributed by atoms with Gasteiger partial charge in [-0.3, -0.25) is 9.59 Å². The minimum atomic E-state index is -0.784. The maximum Gasteiger partial charge on any atom is 0.481 e. The van der Waals surface area contributed by atoms with Gasteiger partial charge in [0, 0.05) is 24.4 Å². The van der Waals surface area contributed by atoms with Gasteiger partial charge in [-0.05, 0) is 93.4 Å². The first-order valence-electron chi connectivity index (χ1n) is 15.8. The number of ketones is 1. The number of rotatable bonds is 15. The van der Waals surface area contributed by atoms with Crippen LogP contribution in [-0.2, 0) is 14.1 Å². The van der Waals surface area contributed by atoms with Crippen molar-refractivity contribution in [3.63, 3.8) is 0 Å². The smallest absolute Gasteiger partial charge is 0.481 e. The topological polar surface area (TPSA) is 167 Å². The lowest BCUT2D eigenvalue weighted by molar-refractivity contribution is -0.525. The Morgan fingerprint density at radius 3 is 2.55 bits per heavy atom. The van der Waals surface area contributed by atoms with E-state index < -0.39 is 23.7 Å². The Hall–Kier alpha value is -3.19. The molecule has 3 saturated carbocycles. The summed E-state index contributed by atoms with van der Waals surface area (Å²) in [5, 5.41) is 13.0. The van der Waals surface area contributed by atoms with Crippen LogP contribution in [0.3, 0.4) is 0 Å². The molecule has 4 aliphatic rings. The number of hydrogen-bond donors (Lipinski definition) is 3. The second-order valence-electron chi connectivity index (χ2n) is 13.6. The Morgan fingerprint density at radius 1 is 1.23 bits per heavy atom. The molecule has 5 rings (SSSR count). The van der Waals surface area contributed by atoms with Gasteiger partial charge in [-0.1, -0.05) is 33.1 Å². The number of nitrogens with two attached hydrogens (primary N) is 1. The number of hydrogen-bond acceptors (Lipinski definition) is 8. The number of nitrogens with one attached hydrogen (secondary N) is 2. The third-order valence-electron chi connectivity index (χ3n) is 9.84. The molecule has 2 bridgehead atoms. The Bertz CT molecular complexity index is 1230. The van der Waals surface area contributed by atoms with E-state index in [0.717, 1.165) is 12.8 Å². The molecule has 3 aliphatic carbocycles. The van der Waals surface area contributed by atoms with Crippen LogP contribution in [0, 0.1) is 39.2 Å². The largest absolute Gasteiger partial charge is 0.494 e. The van der Waals surface area contributed by atoms with Crippen LogP contribution in [0.25, 0.3) is 0 Å². The van der Waals surface area contributed by atoms with E-state index in [1.54, 1.807) is 24.3 Å². The number of Topliss-reactive ketones (excluding diaryl/α,β-unsaturated/α-hetero) is 1. The van der Waals surface area contributed by atoms with E-state index in [-0.39, 0.29) is 54.0 Å². The Morgan fingerprint density at radius 2 is 1.93 bits per heavy atom. The number of aliphatic imine (C=N–C) groups is 1. The van der Waals surface area contributed by atoms with Crippen molar-refractivity contribution in [2.45, 2.75) is 97.7 Å². The van der Waals surface area contributed by atoms with Crippen LogP contribution in [0.4, 0.5) is 0 Å². The van der Waals surface area contributed by atoms with Gasteiger partial charge >= 0.3 is 7.12 Å².